The number of amides is 1. The molecule has 0 unspecified atom stereocenters. The Morgan fingerprint density at radius 1 is 1.44 bits per heavy atom. The zero-order chi connectivity index (χ0) is 13.3. The lowest BCUT2D eigenvalue weighted by molar-refractivity contribution is 0.0747. The normalized spacial score (nSPS) is 18.8. The first-order chi connectivity index (χ1) is 8.39. The maximum Gasteiger partial charge on any atom is 0.254 e. The number of aryl methyl sites for hydroxylation is 1. The molecule has 1 aromatic carbocycles. The highest BCUT2D eigenvalue weighted by Gasteiger charge is 2.30. The van der Waals surface area contributed by atoms with Crippen LogP contribution in [0.5, 0.6) is 0 Å². The van der Waals surface area contributed by atoms with Gasteiger partial charge in [-0.2, -0.15) is 11.8 Å². The summed E-state index contributed by atoms with van der Waals surface area (Å²) in [7, 11) is 0. The maximum atomic E-state index is 12.6. The molecular formula is C14H18BrNOS. The molecule has 0 bridgehead atoms. The number of hydrogen-bond donors (Lipinski definition) is 0. The monoisotopic (exact) mass is 327 g/mol. The van der Waals surface area contributed by atoms with Crippen molar-refractivity contribution in [3.63, 3.8) is 0 Å². The van der Waals surface area contributed by atoms with E-state index in [2.05, 4.69) is 29.8 Å². The Morgan fingerprint density at radius 2 is 2.17 bits per heavy atom. The number of benzene rings is 1. The number of nitrogens with zero attached hydrogens (tertiary/aromatic N) is 1. The number of halogens is 1. The number of thioether (sulfide) groups is 1. The summed E-state index contributed by atoms with van der Waals surface area (Å²) in [5, 5.41) is 0. The lowest BCUT2D eigenvalue weighted by Crippen LogP contribution is -2.46. The standard InChI is InChI=1S/C14H18BrNOS/c1-10-4-5-11(15)8-12(10)13(17)16-6-7-18-14(2,3)9-16/h4-5,8H,6-7,9H2,1-3H3. The number of hydrogen-bond acceptors (Lipinski definition) is 2. The van der Waals surface area contributed by atoms with Gasteiger partial charge in [-0.1, -0.05) is 22.0 Å². The quantitative estimate of drug-likeness (QED) is 0.783. The van der Waals surface area contributed by atoms with Crippen LogP contribution in [0.3, 0.4) is 0 Å². The Balaban J connectivity index is 2.23. The molecule has 0 radical (unpaired) electrons. The molecule has 18 heavy (non-hydrogen) atoms. The molecule has 2 rings (SSSR count). The Bertz CT molecular complexity index is 473. The molecule has 0 N–H and O–H groups in total. The van der Waals surface area contributed by atoms with Gasteiger partial charge in [0.2, 0.25) is 0 Å². The van der Waals surface area contributed by atoms with Crippen molar-refractivity contribution in [3.05, 3.63) is 33.8 Å². The van der Waals surface area contributed by atoms with Gasteiger partial charge in [-0.25, -0.2) is 0 Å². The topological polar surface area (TPSA) is 20.3 Å². The second-order valence-corrected chi connectivity index (χ2v) is 8.01. The number of carbonyl (C=O) groups is 1. The molecule has 0 saturated carbocycles. The maximum absolute atomic E-state index is 12.6. The van der Waals surface area contributed by atoms with Crippen molar-refractivity contribution in [1.29, 1.82) is 0 Å². The minimum Gasteiger partial charge on any atom is -0.336 e. The van der Waals surface area contributed by atoms with Crippen molar-refractivity contribution < 1.29 is 4.79 Å². The highest BCUT2D eigenvalue weighted by atomic mass is 79.9. The molecular weight excluding hydrogens is 310 g/mol. The second-order valence-electron chi connectivity index (χ2n) is 5.29. The third-order valence-electron chi connectivity index (χ3n) is 3.14. The van der Waals surface area contributed by atoms with E-state index in [1.165, 1.54) is 0 Å². The van der Waals surface area contributed by atoms with Crippen LogP contribution in [0.1, 0.15) is 29.8 Å². The molecule has 2 nitrogen and oxygen atoms in total. The molecule has 1 heterocycles. The Morgan fingerprint density at radius 3 is 2.83 bits per heavy atom. The van der Waals surface area contributed by atoms with E-state index in [9.17, 15) is 4.79 Å². The molecule has 1 fully saturated rings. The van der Waals surface area contributed by atoms with Crippen molar-refractivity contribution in [1.82, 2.24) is 4.90 Å². The van der Waals surface area contributed by atoms with Crippen LogP contribution in [0.25, 0.3) is 0 Å². The van der Waals surface area contributed by atoms with Gasteiger partial charge in [-0.15, -0.1) is 0 Å². The summed E-state index contributed by atoms with van der Waals surface area (Å²) in [5.41, 5.74) is 1.85. The molecule has 0 spiro atoms. The van der Waals surface area contributed by atoms with Crippen LogP contribution in [0.15, 0.2) is 22.7 Å². The van der Waals surface area contributed by atoms with Crippen molar-refractivity contribution in [3.8, 4) is 0 Å². The first kappa shape index (κ1) is 13.9. The molecule has 0 aliphatic carbocycles. The summed E-state index contributed by atoms with van der Waals surface area (Å²) in [5.74, 6) is 1.17. The van der Waals surface area contributed by atoms with Gasteiger partial charge >= 0.3 is 0 Å². The molecule has 0 atom stereocenters. The molecule has 1 saturated heterocycles. The molecule has 0 aromatic heterocycles. The summed E-state index contributed by atoms with van der Waals surface area (Å²) in [4.78, 5) is 14.5. The average molecular weight is 328 g/mol. The summed E-state index contributed by atoms with van der Waals surface area (Å²) >= 11 is 5.38. The van der Waals surface area contributed by atoms with E-state index < -0.39 is 0 Å². The van der Waals surface area contributed by atoms with Gasteiger partial charge < -0.3 is 4.90 Å². The molecule has 98 valence electrons. The Kier molecular flexibility index (Phi) is 4.07. The number of carbonyl (C=O) groups excluding carboxylic acids is 1. The second kappa shape index (κ2) is 5.25. The van der Waals surface area contributed by atoms with Gasteiger partial charge in [-0.3, -0.25) is 4.79 Å². The number of rotatable bonds is 1. The van der Waals surface area contributed by atoms with Crippen LogP contribution >= 0.6 is 27.7 Å². The first-order valence-electron chi connectivity index (χ1n) is 6.08. The summed E-state index contributed by atoms with van der Waals surface area (Å²) in [6.45, 7) is 8.06. The van der Waals surface area contributed by atoms with Crippen LogP contribution in [-0.2, 0) is 0 Å². The molecule has 1 aliphatic rings. The third kappa shape index (κ3) is 3.09. The van der Waals surface area contributed by atoms with Crippen molar-refractivity contribution in [2.75, 3.05) is 18.8 Å². The predicted molar refractivity (Wildman–Crippen MR) is 81.3 cm³/mol. The summed E-state index contributed by atoms with van der Waals surface area (Å²) in [6.07, 6.45) is 0. The largest absolute Gasteiger partial charge is 0.336 e. The summed E-state index contributed by atoms with van der Waals surface area (Å²) in [6, 6.07) is 5.88. The van der Waals surface area contributed by atoms with Gasteiger partial charge in [0.25, 0.3) is 5.91 Å². The van der Waals surface area contributed by atoms with Crippen LogP contribution in [-0.4, -0.2) is 34.4 Å². The molecule has 1 amide bonds. The zero-order valence-electron chi connectivity index (χ0n) is 11.0. The SMILES string of the molecule is Cc1ccc(Br)cc1C(=O)N1CCSC(C)(C)C1. The molecule has 1 aromatic rings. The highest BCUT2D eigenvalue weighted by Crippen LogP contribution is 2.30. The molecule has 4 heteroatoms. The van der Waals surface area contributed by atoms with Gasteiger partial charge in [-0.05, 0) is 38.5 Å². The zero-order valence-corrected chi connectivity index (χ0v) is 13.4. The highest BCUT2D eigenvalue weighted by molar-refractivity contribution is 9.10. The predicted octanol–water partition coefficient (Wildman–Crippen LogP) is 3.73. The Hall–Kier alpha value is -0.480. The van der Waals surface area contributed by atoms with Crippen molar-refractivity contribution >= 4 is 33.6 Å². The van der Waals surface area contributed by atoms with Gasteiger partial charge in [0, 0.05) is 33.6 Å². The van der Waals surface area contributed by atoms with Gasteiger partial charge in [0.05, 0.1) is 0 Å². The van der Waals surface area contributed by atoms with E-state index >= 15 is 0 Å². The van der Waals surface area contributed by atoms with E-state index in [0.29, 0.717) is 0 Å². The van der Waals surface area contributed by atoms with E-state index in [1.54, 1.807) is 0 Å². The van der Waals surface area contributed by atoms with Crippen LogP contribution < -0.4 is 0 Å². The van der Waals surface area contributed by atoms with Crippen LogP contribution in [0.4, 0.5) is 0 Å². The van der Waals surface area contributed by atoms with Crippen molar-refractivity contribution in [2.45, 2.75) is 25.5 Å². The fourth-order valence-electron chi connectivity index (χ4n) is 2.18. The van der Waals surface area contributed by atoms with Gasteiger partial charge in [0.15, 0.2) is 0 Å². The van der Waals surface area contributed by atoms with E-state index in [0.717, 1.165) is 34.4 Å². The Labute approximate surface area is 121 Å². The van der Waals surface area contributed by atoms with Crippen LogP contribution in [0.2, 0.25) is 0 Å². The lowest BCUT2D eigenvalue weighted by Gasteiger charge is -2.37. The third-order valence-corrected chi connectivity index (χ3v) is 4.93. The van der Waals surface area contributed by atoms with E-state index in [1.807, 2.05) is 41.8 Å². The van der Waals surface area contributed by atoms with Gasteiger partial charge in [0.1, 0.15) is 0 Å². The van der Waals surface area contributed by atoms with E-state index in [4.69, 9.17) is 0 Å². The minimum absolute atomic E-state index is 0.155. The van der Waals surface area contributed by atoms with E-state index in [-0.39, 0.29) is 10.7 Å². The van der Waals surface area contributed by atoms with Crippen molar-refractivity contribution in [2.24, 2.45) is 0 Å². The minimum atomic E-state index is 0.155. The lowest BCUT2D eigenvalue weighted by atomic mass is 10.1. The first-order valence-corrected chi connectivity index (χ1v) is 7.86. The smallest absolute Gasteiger partial charge is 0.254 e. The fourth-order valence-corrected chi connectivity index (χ4v) is 3.66. The average Bonchev–Trinajstić information content (AvgIpc) is 2.30. The van der Waals surface area contributed by atoms with Crippen LogP contribution in [0, 0.1) is 6.92 Å². The molecule has 1 aliphatic heterocycles. The fraction of sp³-hybridized carbons (Fsp3) is 0.500. The summed E-state index contributed by atoms with van der Waals surface area (Å²) < 4.78 is 1.12.